The van der Waals surface area contributed by atoms with Crippen LogP contribution >= 0.6 is 0 Å². The molecular formula is C108H232O6. The number of methoxy groups -OCH3 is 2. The van der Waals surface area contributed by atoms with Crippen LogP contribution in [0.1, 0.15) is 475 Å². The van der Waals surface area contributed by atoms with Crippen molar-refractivity contribution >= 4 is 0 Å². The molecular weight excluding hydrogens is 1390 g/mol. The third-order valence-corrected chi connectivity index (χ3v) is 20.5. The molecule has 5 atom stereocenters. The Labute approximate surface area is 728 Å². The maximum absolute atomic E-state index is 5.56. The van der Waals surface area contributed by atoms with Gasteiger partial charge in [-0.3, -0.25) is 0 Å². The highest BCUT2D eigenvalue weighted by Crippen LogP contribution is 2.36. The molecule has 4 saturated carbocycles. The van der Waals surface area contributed by atoms with Crippen LogP contribution < -0.4 is 0 Å². The molecule has 0 N–H and O–H groups in total. The van der Waals surface area contributed by atoms with Crippen LogP contribution in [-0.2, 0) is 28.4 Å². The van der Waals surface area contributed by atoms with Crippen LogP contribution in [0, 0.1) is 148 Å². The fourth-order valence-electron chi connectivity index (χ4n) is 17.3. The van der Waals surface area contributed by atoms with Crippen LogP contribution in [-0.4, -0.2) is 80.3 Å². The first-order valence-electron chi connectivity index (χ1n) is 50.5. The topological polar surface area (TPSA) is 55.4 Å². The average Bonchev–Trinajstić information content (AvgIpc) is 0.911. The molecule has 5 unspecified atom stereocenters. The predicted octanol–water partition coefficient (Wildman–Crippen LogP) is 35.9. The maximum Gasteiger partial charge on any atom is 0.0513 e. The number of rotatable bonds is 41. The van der Waals surface area contributed by atoms with Crippen LogP contribution in [0.4, 0.5) is 0 Å². The first kappa shape index (κ1) is 129. The van der Waals surface area contributed by atoms with Crippen LogP contribution in [0.2, 0.25) is 0 Å². The van der Waals surface area contributed by atoms with Gasteiger partial charge in [0, 0.05) is 65.7 Å². The van der Waals surface area contributed by atoms with Gasteiger partial charge in [-0.15, -0.1) is 0 Å². The van der Waals surface area contributed by atoms with E-state index in [4.69, 9.17) is 28.4 Å². The average molecular weight is 1630 g/mol. The molecule has 700 valence electrons. The van der Waals surface area contributed by atoms with E-state index in [9.17, 15) is 0 Å². The summed E-state index contributed by atoms with van der Waals surface area (Å²) in [6.45, 7) is 96.1. The van der Waals surface area contributed by atoms with Crippen molar-refractivity contribution in [3.8, 4) is 0 Å². The number of hydrogen-bond donors (Lipinski definition) is 0. The Bertz CT molecular complexity index is 1600. The number of ether oxygens (including phenoxy) is 6. The third-order valence-electron chi connectivity index (χ3n) is 20.5. The number of hydrogen-bond acceptors (Lipinski definition) is 6. The van der Waals surface area contributed by atoms with Crippen molar-refractivity contribution in [1.82, 2.24) is 0 Å². The van der Waals surface area contributed by atoms with E-state index in [0.717, 1.165) is 190 Å². The standard InChI is InChI=1S/C16H30.C13H26.C11H24O.C10H20.2C10H22.C9H20O.2C7H16O2.C7H16.2C4H10/c1-14(12-15-8-4-2-5-9-15)13-16-10-6-3-7-11-16;1-11(2)9-12(3)10-13-7-5-4-6-8-13;1-9(2)6-11(5)8-12-7-10(3)4;1-9(2)8-10-6-4-3-5-7-10;2*1-8(2)6-10(5)7-9(3)4;1-5-10-7-9(4)6-8(2)3;2*1-4-9-6-7(2)5-8-3;1-6(2)5-7(3)4;2*1-4(2)3/h14-16H,2-13H2,1H3;11-13H,4-10H2,1-3H3;9-11H,6-8H2,1-5H3;9-10H,3-8H2,1-2H3;2*8-10H,6-7H2,1-5H3;8-9H,5-7H2,1-4H3;2*7H,4-6H2,1-3H3;6-7H,5H2,1-4H3;2*4H,1-3H3. The van der Waals surface area contributed by atoms with Crippen molar-refractivity contribution in [3.05, 3.63) is 0 Å². The Balaban J connectivity index is -0.000000182. The molecule has 6 nitrogen and oxygen atoms in total. The first-order chi connectivity index (χ1) is 53.2. The van der Waals surface area contributed by atoms with Gasteiger partial charge >= 0.3 is 0 Å². The van der Waals surface area contributed by atoms with Crippen molar-refractivity contribution in [1.29, 1.82) is 0 Å². The summed E-state index contributed by atoms with van der Waals surface area (Å²) in [4.78, 5) is 0. The minimum absolute atomic E-state index is 0.523. The van der Waals surface area contributed by atoms with Gasteiger partial charge in [-0.25, -0.2) is 0 Å². The minimum Gasteiger partial charge on any atom is -0.384 e. The van der Waals surface area contributed by atoms with E-state index < -0.39 is 0 Å². The Kier molecular flexibility index (Phi) is 106. The Morgan fingerprint density at radius 3 is 0.588 bits per heavy atom. The molecule has 0 saturated heterocycles. The fraction of sp³-hybridized carbons (Fsp3) is 1.00. The van der Waals surface area contributed by atoms with Gasteiger partial charge in [-0.05, 0) is 234 Å². The summed E-state index contributed by atoms with van der Waals surface area (Å²) in [5, 5.41) is 0. The van der Waals surface area contributed by atoms with Crippen molar-refractivity contribution in [2.24, 2.45) is 148 Å². The summed E-state index contributed by atoms with van der Waals surface area (Å²) in [5.74, 6) is 21.6. The quantitative estimate of drug-likeness (QED) is 0.0608. The van der Waals surface area contributed by atoms with Crippen molar-refractivity contribution < 1.29 is 28.4 Å². The van der Waals surface area contributed by atoms with Gasteiger partial charge in [0.1, 0.15) is 0 Å². The van der Waals surface area contributed by atoms with Crippen LogP contribution in [0.3, 0.4) is 0 Å². The summed E-state index contributed by atoms with van der Waals surface area (Å²) < 4.78 is 31.0. The molecule has 4 aliphatic carbocycles. The summed E-state index contributed by atoms with van der Waals surface area (Å²) >= 11 is 0. The van der Waals surface area contributed by atoms with E-state index in [2.05, 4.69) is 249 Å². The maximum atomic E-state index is 5.56. The zero-order chi connectivity index (χ0) is 89.4. The minimum atomic E-state index is 0.523. The SMILES string of the molecule is CC(C)C.CC(C)C.CC(C)CC(C)C.CC(C)CC(C)CC(C)C.CC(C)CC(C)CC(C)C.CC(C)CC(C)CC1CCCCC1.CC(C)CC1CCCCC1.CC(C)COCC(C)CC(C)C.CC(CC1CCCCC1)CC1CCCCC1.CCOCC(C)CC(C)C.CCOCC(C)COC.CCOCC(C)COC. The normalized spacial score (nSPS) is 16.3. The predicted molar refractivity (Wildman–Crippen MR) is 523 cm³/mol. The highest BCUT2D eigenvalue weighted by Gasteiger charge is 2.22. The monoisotopic (exact) mass is 1630 g/mol. The van der Waals surface area contributed by atoms with E-state index in [0.29, 0.717) is 23.7 Å². The van der Waals surface area contributed by atoms with Gasteiger partial charge in [0.05, 0.1) is 26.4 Å². The second-order valence-corrected chi connectivity index (χ2v) is 43.9. The molecule has 0 aromatic heterocycles. The molecule has 4 rings (SSSR count). The molecule has 0 spiro atoms. The van der Waals surface area contributed by atoms with Crippen LogP contribution in [0.25, 0.3) is 0 Å². The van der Waals surface area contributed by atoms with E-state index in [-0.39, 0.29) is 0 Å². The molecule has 0 aromatic rings. The lowest BCUT2D eigenvalue weighted by molar-refractivity contribution is 0.0711. The van der Waals surface area contributed by atoms with Crippen molar-refractivity contribution in [2.75, 3.05) is 80.3 Å². The van der Waals surface area contributed by atoms with Gasteiger partial charge in [0.15, 0.2) is 0 Å². The largest absolute Gasteiger partial charge is 0.384 e. The summed E-state index contributed by atoms with van der Waals surface area (Å²) in [5.41, 5.74) is 0. The van der Waals surface area contributed by atoms with E-state index >= 15 is 0 Å². The summed E-state index contributed by atoms with van der Waals surface area (Å²) in [6.07, 6.45) is 47.2. The molecule has 6 heteroatoms. The highest BCUT2D eigenvalue weighted by molar-refractivity contribution is 4.74. The second kappa shape index (κ2) is 93.5. The van der Waals surface area contributed by atoms with Gasteiger partial charge in [0.2, 0.25) is 0 Å². The van der Waals surface area contributed by atoms with Crippen LogP contribution in [0.15, 0.2) is 0 Å². The molecule has 0 aromatic carbocycles. The molecule has 4 fully saturated rings. The zero-order valence-corrected chi connectivity index (χ0v) is 87.6. The molecule has 4 aliphatic rings. The lowest BCUT2D eigenvalue weighted by atomic mass is 9.78. The molecule has 0 amide bonds. The Morgan fingerprint density at radius 1 is 0.184 bits per heavy atom. The van der Waals surface area contributed by atoms with E-state index in [1.54, 1.807) is 14.2 Å². The molecule has 0 bridgehead atoms. The van der Waals surface area contributed by atoms with Crippen molar-refractivity contribution in [3.63, 3.8) is 0 Å². The summed E-state index contributed by atoms with van der Waals surface area (Å²) in [6, 6.07) is 0. The van der Waals surface area contributed by atoms with E-state index in [1.165, 1.54) is 205 Å². The second-order valence-electron chi connectivity index (χ2n) is 43.9. The molecule has 0 heterocycles. The lowest BCUT2D eigenvalue weighted by Gasteiger charge is -2.28. The zero-order valence-electron chi connectivity index (χ0n) is 87.6. The smallest absolute Gasteiger partial charge is 0.0513 e. The Hall–Kier alpha value is -0.240. The van der Waals surface area contributed by atoms with Gasteiger partial charge in [-0.2, -0.15) is 0 Å². The van der Waals surface area contributed by atoms with Crippen molar-refractivity contribution in [2.45, 2.75) is 475 Å². The fourth-order valence-corrected chi connectivity index (χ4v) is 17.3. The first-order valence-corrected chi connectivity index (χ1v) is 50.5. The Morgan fingerprint density at radius 2 is 0.386 bits per heavy atom. The molecule has 0 aliphatic heterocycles. The van der Waals surface area contributed by atoms with Gasteiger partial charge in [0.25, 0.3) is 0 Å². The third kappa shape index (κ3) is 127. The highest BCUT2D eigenvalue weighted by atomic mass is 16.5. The van der Waals surface area contributed by atoms with Gasteiger partial charge in [-0.1, -0.05) is 378 Å². The summed E-state index contributed by atoms with van der Waals surface area (Å²) in [7, 11) is 3.42. The van der Waals surface area contributed by atoms with Gasteiger partial charge < -0.3 is 28.4 Å². The lowest BCUT2D eigenvalue weighted by Crippen LogP contribution is -2.15. The molecule has 0 radical (unpaired) electrons. The molecule has 114 heavy (non-hydrogen) atoms. The van der Waals surface area contributed by atoms with E-state index in [1.807, 2.05) is 20.8 Å². The van der Waals surface area contributed by atoms with Crippen LogP contribution in [0.5, 0.6) is 0 Å².